The number of halogens is 1. The lowest BCUT2D eigenvalue weighted by Crippen LogP contribution is -2.19. The van der Waals surface area contributed by atoms with Crippen LogP contribution in [0.2, 0.25) is 5.02 Å². The van der Waals surface area contributed by atoms with Gasteiger partial charge in [0, 0.05) is 22.3 Å². The first-order chi connectivity index (χ1) is 17.7. The van der Waals surface area contributed by atoms with E-state index in [1.54, 1.807) is 0 Å². The smallest absolute Gasteiger partial charge is 0.309 e. The molecule has 0 radical (unpaired) electrons. The fourth-order valence-corrected chi connectivity index (χ4v) is 4.96. The molecule has 6 rings (SSSR count). The lowest BCUT2D eigenvalue weighted by atomic mass is 9.98. The Hall–Kier alpha value is -3.74. The van der Waals surface area contributed by atoms with Crippen LogP contribution in [0.3, 0.4) is 0 Å². The van der Waals surface area contributed by atoms with Crippen molar-refractivity contribution in [3.05, 3.63) is 112 Å². The van der Waals surface area contributed by atoms with Gasteiger partial charge < -0.3 is 23.5 Å². The zero-order valence-electron chi connectivity index (χ0n) is 19.4. The first-order valence-electron chi connectivity index (χ1n) is 11.9. The van der Waals surface area contributed by atoms with Crippen molar-refractivity contribution in [2.75, 3.05) is 13.2 Å². The van der Waals surface area contributed by atoms with E-state index < -0.39 is 12.2 Å². The van der Waals surface area contributed by atoms with Crippen molar-refractivity contribution < 1.29 is 23.7 Å². The molecule has 0 amide bonds. The molecule has 1 aromatic heterocycles. The van der Waals surface area contributed by atoms with Gasteiger partial charge in [-0.3, -0.25) is 4.79 Å². The standard InChI is InChI=1S/C29H24ClNO5/c30-20-11-12-23-22(16-20)28(21-8-4-10-25-29(21)34-15-14-33-25)36-26(24-9-5-13-31(23)24)17-27(32)35-18-19-6-2-1-3-7-19/h1-13,16,26,28H,14-15,17-18H2. The molecule has 2 atom stereocenters. The number of esters is 1. The molecule has 0 fully saturated rings. The fourth-order valence-electron chi connectivity index (χ4n) is 4.78. The van der Waals surface area contributed by atoms with E-state index in [2.05, 4.69) is 0 Å². The van der Waals surface area contributed by atoms with Gasteiger partial charge in [-0.1, -0.05) is 54.1 Å². The summed E-state index contributed by atoms with van der Waals surface area (Å²) < 4.78 is 26.2. The van der Waals surface area contributed by atoms with Crippen LogP contribution in [-0.2, 0) is 20.9 Å². The number of benzene rings is 3. The maximum Gasteiger partial charge on any atom is 0.309 e. The van der Waals surface area contributed by atoms with Crippen LogP contribution in [0.1, 0.15) is 41.0 Å². The number of fused-ring (bicyclic) bond motifs is 4. The van der Waals surface area contributed by atoms with Crippen molar-refractivity contribution >= 4 is 17.6 Å². The minimum absolute atomic E-state index is 0.0570. The summed E-state index contributed by atoms with van der Waals surface area (Å²) in [5, 5.41) is 0.596. The number of nitrogens with zero attached hydrogens (tertiary/aromatic N) is 1. The Kier molecular flexibility index (Phi) is 6.13. The highest BCUT2D eigenvalue weighted by molar-refractivity contribution is 6.30. The number of carbonyl (C=O) groups is 1. The summed E-state index contributed by atoms with van der Waals surface area (Å²) in [6, 6.07) is 25.1. The van der Waals surface area contributed by atoms with Gasteiger partial charge in [-0.25, -0.2) is 0 Å². The van der Waals surface area contributed by atoms with E-state index in [0.29, 0.717) is 29.7 Å². The molecule has 3 aromatic carbocycles. The number of para-hydroxylation sites is 1. The van der Waals surface area contributed by atoms with Gasteiger partial charge in [0.2, 0.25) is 0 Å². The van der Waals surface area contributed by atoms with Crippen molar-refractivity contribution in [3.8, 4) is 17.2 Å². The molecule has 2 aliphatic rings. The first-order valence-corrected chi connectivity index (χ1v) is 12.3. The number of hydrogen-bond acceptors (Lipinski definition) is 5. The highest BCUT2D eigenvalue weighted by Gasteiger charge is 2.34. The van der Waals surface area contributed by atoms with E-state index in [-0.39, 0.29) is 19.0 Å². The lowest BCUT2D eigenvalue weighted by molar-refractivity contribution is -0.149. The van der Waals surface area contributed by atoms with Gasteiger partial charge in [0.1, 0.15) is 32.0 Å². The predicted octanol–water partition coefficient (Wildman–Crippen LogP) is 6.20. The molecule has 6 nitrogen and oxygen atoms in total. The van der Waals surface area contributed by atoms with Crippen molar-refractivity contribution in [2.24, 2.45) is 0 Å². The molecule has 4 aromatic rings. The second-order valence-electron chi connectivity index (χ2n) is 8.73. The van der Waals surface area contributed by atoms with E-state index in [1.807, 2.05) is 89.6 Å². The minimum Gasteiger partial charge on any atom is -0.486 e. The van der Waals surface area contributed by atoms with Crippen molar-refractivity contribution in [1.82, 2.24) is 4.57 Å². The average molecular weight is 502 g/mol. The lowest BCUT2D eigenvalue weighted by Gasteiger charge is -2.27. The molecule has 0 N–H and O–H groups in total. The third-order valence-electron chi connectivity index (χ3n) is 6.42. The SMILES string of the molecule is O=C(CC1OC(c2cccc3c2OCCO3)c2cc(Cl)ccc2-n2cccc21)OCc1ccccc1. The molecule has 36 heavy (non-hydrogen) atoms. The molecule has 0 bridgehead atoms. The second kappa shape index (κ2) is 9.72. The molecule has 0 spiro atoms. The topological polar surface area (TPSA) is 58.9 Å². The molecule has 0 aliphatic carbocycles. The van der Waals surface area contributed by atoms with Gasteiger partial charge in [0.05, 0.1) is 17.8 Å². The van der Waals surface area contributed by atoms with Crippen LogP contribution in [0.4, 0.5) is 0 Å². The Morgan fingerprint density at radius 1 is 0.944 bits per heavy atom. The number of hydrogen-bond donors (Lipinski definition) is 0. The highest BCUT2D eigenvalue weighted by atomic mass is 35.5. The fraction of sp³-hybridized carbons (Fsp3) is 0.207. The molecular weight excluding hydrogens is 478 g/mol. The maximum absolute atomic E-state index is 13.0. The number of rotatable bonds is 5. The summed E-state index contributed by atoms with van der Waals surface area (Å²) in [5.74, 6) is 0.985. The highest BCUT2D eigenvalue weighted by Crippen LogP contribution is 2.47. The number of carbonyl (C=O) groups excluding carboxylic acids is 1. The molecule has 3 heterocycles. The number of ether oxygens (including phenoxy) is 4. The average Bonchev–Trinajstić information content (AvgIpc) is 3.36. The minimum atomic E-state index is -0.556. The van der Waals surface area contributed by atoms with Crippen LogP contribution < -0.4 is 9.47 Å². The summed E-state index contributed by atoms with van der Waals surface area (Å²) in [4.78, 5) is 13.0. The molecular formula is C29H24ClNO5. The summed E-state index contributed by atoms with van der Waals surface area (Å²) in [6.07, 6.45) is 0.930. The van der Waals surface area contributed by atoms with E-state index in [9.17, 15) is 4.79 Å². The van der Waals surface area contributed by atoms with Crippen molar-refractivity contribution in [1.29, 1.82) is 0 Å². The van der Waals surface area contributed by atoms with Gasteiger partial charge in [-0.2, -0.15) is 0 Å². The largest absolute Gasteiger partial charge is 0.486 e. The van der Waals surface area contributed by atoms with Gasteiger partial charge in [-0.05, 0) is 42.0 Å². The van der Waals surface area contributed by atoms with Crippen LogP contribution in [-0.4, -0.2) is 23.8 Å². The summed E-state index contributed by atoms with van der Waals surface area (Å²) >= 11 is 6.45. The Balaban J connectivity index is 1.37. The molecule has 2 aliphatic heterocycles. The van der Waals surface area contributed by atoms with E-state index in [4.69, 9.17) is 30.5 Å². The monoisotopic (exact) mass is 501 g/mol. The van der Waals surface area contributed by atoms with Crippen LogP contribution >= 0.6 is 11.6 Å². The second-order valence-corrected chi connectivity index (χ2v) is 9.17. The molecule has 0 saturated heterocycles. The van der Waals surface area contributed by atoms with E-state index in [1.165, 1.54) is 0 Å². The first kappa shape index (κ1) is 22.7. The Labute approximate surface area is 213 Å². The van der Waals surface area contributed by atoms with Crippen molar-refractivity contribution in [3.63, 3.8) is 0 Å². The van der Waals surface area contributed by atoms with E-state index >= 15 is 0 Å². The third-order valence-corrected chi connectivity index (χ3v) is 6.65. The van der Waals surface area contributed by atoms with E-state index in [0.717, 1.165) is 28.1 Å². The molecule has 182 valence electrons. The van der Waals surface area contributed by atoms with Crippen LogP contribution in [0.5, 0.6) is 11.5 Å². The maximum atomic E-state index is 13.0. The van der Waals surface area contributed by atoms with Gasteiger partial charge >= 0.3 is 5.97 Å². The Morgan fingerprint density at radius 2 is 1.81 bits per heavy atom. The summed E-state index contributed by atoms with van der Waals surface area (Å²) in [6.45, 7) is 1.16. The molecule has 2 unspecified atom stereocenters. The summed E-state index contributed by atoms with van der Waals surface area (Å²) in [7, 11) is 0. The Morgan fingerprint density at radius 3 is 2.69 bits per heavy atom. The molecule has 0 saturated carbocycles. The van der Waals surface area contributed by atoms with Crippen molar-refractivity contribution in [2.45, 2.75) is 25.2 Å². The van der Waals surface area contributed by atoms with Gasteiger partial charge in [0.25, 0.3) is 0 Å². The number of aromatic nitrogens is 1. The predicted molar refractivity (Wildman–Crippen MR) is 135 cm³/mol. The van der Waals surface area contributed by atoms with Crippen LogP contribution in [0.15, 0.2) is 85.1 Å². The van der Waals surface area contributed by atoms with Gasteiger partial charge in [0.15, 0.2) is 11.5 Å². The zero-order chi connectivity index (χ0) is 24.5. The quantitative estimate of drug-likeness (QED) is 0.305. The van der Waals surface area contributed by atoms with Crippen LogP contribution in [0.25, 0.3) is 5.69 Å². The molecule has 7 heteroatoms. The van der Waals surface area contributed by atoms with Gasteiger partial charge in [-0.15, -0.1) is 0 Å². The normalized spacial score (nSPS) is 18.0. The zero-order valence-corrected chi connectivity index (χ0v) is 20.2. The summed E-state index contributed by atoms with van der Waals surface area (Å²) in [5.41, 5.74) is 4.43. The third kappa shape index (κ3) is 4.34. The van der Waals surface area contributed by atoms with Crippen LogP contribution in [0, 0.1) is 0 Å². The Bertz CT molecular complexity index is 1400.